The van der Waals surface area contributed by atoms with Crippen LogP contribution in [0.25, 0.3) is 0 Å². The van der Waals surface area contributed by atoms with Crippen molar-refractivity contribution in [2.75, 3.05) is 5.75 Å². The number of hydrogen-bond donors (Lipinski definition) is 1. The van der Waals surface area contributed by atoms with Crippen LogP contribution in [-0.2, 0) is 5.54 Å². The van der Waals surface area contributed by atoms with Crippen LogP contribution in [-0.4, -0.2) is 21.4 Å². The van der Waals surface area contributed by atoms with E-state index >= 15 is 0 Å². The monoisotopic (exact) mass is 309 g/mol. The third-order valence-electron chi connectivity index (χ3n) is 4.41. The van der Waals surface area contributed by atoms with Crippen LogP contribution >= 0.6 is 23.1 Å². The minimum absolute atomic E-state index is 0.131. The second kappa shape index (κ2) is 5.34. The maximum atomic E-state index is 5.05. The second-order valence-electron chi connectivity index (χ2n) is 6.70. The first kappa shape index (κ1) is 14.4. The molecule has 1 aliphatic carbocycles. The van der Waals surface area contributed by atoms with E-state index in [9.17, 15) is 0 Å². The van der Waals surface area contributed by atoms with Gasteiger partial charge in [0.05, 0.1) is 11.1 Å². The molecule has 1 spiro atoms. The van der Waals surface area contributed by atoms with Crippen molar-refractivity contribution in [3.63, 3.8) is 0 Å². The summed E-state index contributed by atoms with van der Waals surface area (Å²) in [6.07, 6.45) is 7.03. The third-order valence-corrected chi connectivity index (χ3v) is 6.65. The fourth-order valence-corrected chi connectivity index (χ4v) is 5.02. The van der Waals surface area contributed by atoms with Crippen molar-refractivity contribution in [3.05, 3.63) is 16.6 Å². The molecule has 1 fully saturated rings. The molecule has 0 unspecified atom stereocenters. The van der Waals surface area contributed by atoms with Crippen molar-refractivity contribution in [2.24, 2.45) is 10.9 Å². The summed E-state index contributed by atoms with van der Waals surface area (Å²) in [4.78, 5) is 9.49. The SMILES string of the molecule is CC1CCC2(CC1)CSC(NC(C)(C)c1nccs1)=N2. The molecule has 1 aromatic heterocycles. The summed E-state index contributed by atoms with van der Waals surface area (Å²) in [7, 11) is 0. The zero-order chi connectivity index (χ0) is 14.2. The average Bonchev–Trinajstić information content (AvgIpc) is 3.04. The summed E-state index contributed by atoms with van der Waals surface area (Å²) in [5.74, 6) is 2.03. The molecule has 2 heterocycles. The van der Waals surface area contributed by atoms with Crippen LogP contribution in [0.3, 0.4) is 0 Å². The number of aliphatic imine (C=N–C) groups is 1. The summed E-state index contributed by atoms with van der Waals surface area (Å²) in [6.45, 7) is 6.73. The van der Waals surface area contributed by atoms with Crippen molar-refractivity contribution in [1.29, 1.82) is 0 Å². The molecule has 110 valence electrons. The van der Waals surface area contributed by atoms with Gasteiger partial charge in [0.1, 0.15) is 5.01 Å². The van der Waals surface area contributed by atoms with Crippen molar-refractivity contribution < 1.29 is 0 Å². The third kappa shape index (κ3) is 2.89. The number of rotatable bonds is 2. The normalized spacial score (nSPS) is 30.6. The van der Waals surface area contributed by atoms with Gasteiger partial charge in [-0.25, -0.2) is 4.98 Å². The fraction of sp³-hybridized carbons (Fsp3) is 0.733. The van der Waals surface area contributed by atoms with Gasteiger partial charge in [-0.05, 0) is 45.4 Å². The van der Waals surface area contributed by atoms with Gasteiger partial charge < -0.3 is 5.32 Å². The highest BCUT2D eigenvalue weighted by atomic mass is 32.2. The van der Waals surface area contributed by atoms with Crippen LogP contribution in [0, 0.1) is 5.92 Å². The molecule has 3 nitrogen and oxygen atoms in total. The molecule has 1 aliphatic heterocycles. The van der Waals surface area contributed by atoms with Gasteiger partial charge in [0.2, 0.25) is 0 Å². The van der Waals surface area contributed by atoms with Crippen molar-refractivity contribution >= 4 is 28.3 Å². The maximum absolute atomic E-state index is 5.05. The summed E-state index contributed by atoms with van der Waals surface area (Å²) in [5, 5.41) is 7.87. The highest BCUT2D eigenvalue weighted by Crippen LogP contribution is 2.41. The maximum Gasteiger partial charge on any atom is 0.157 e. The number of amidine groups is 1. The first-order valence-corrected chi connectivity index (χ1v) is 9.26. The number of nitrogens with one attached hydrogen (secondary N) is 1. The first-order chi connectivity index (χ1) is 9.49. The Bertz CT molecular complexity index is 485. The molecule has 0 radical (unpaired) electrons. The van der Waals surface area contributed by atoms with E-state index in [1.807, 2.05) is 23.3 Å². The Kier molecular flexibility index (Phi) is 3.84. The molecule has 1 aromatic rings. The predicted molar refractivity (Wildman–Crippen MR) is 88.5 cm³/mol. The summed E-state index contributed by atoms with van der Waals surface area (Å²) in [6, 6.07) is 0. The van der Waals surface area contributed by atoms with E-state index in [-0.39, 0.29) is 11.1 Å². The molecule has 0 aromatic carbocycles. The van der Waals surface area contributed by atoms with Crippen molar-refractivity contribution in [1.82, 2.24) is 10.3 Å². The quantitative estimate of drug-likeness (QED) is 0.896. The lowest BCUT2D eigenvalue weighted by Crippen LogP contribution is -2.39. The lowest BCUT2D eigenvalue weighted by Gasteiger charge is -2.32. The Balaban J connectivity index is 1.70. The topological polar surface area (TPSA) is 37.3 Å². The van der Waals surface area contributed by atoms with Gasteiger partial charge in [-0.15, -0.1) is 11.3 Å². The van der Waals surface area contributed by atoms with E-state index in [0.717, 1.165) is 21.8 Å². The van der Waals surface area contributed by atoms with E-state index in [1.165, 1.54) is 25.7 Å². The van der Waals surface area contributed by atoms with E-state index in [2.05, 4.69) is 31.1 Å². The molecule has 1 N–H and O–H groups in total. The minimum atomic E-state index is -0.131. The Labute approximate surface area is 129 Å². The van der Waals surface area contributed by atoms with Gasteiger partial charge in [0.15, 0.2) is 5.17 Å². The molecular formula is C15H23N3S2. The van der Waals surface area contributed by atoms with Gasteiger partial charge in [-0.3, -0.25) is 4.99 Å². The van der Waals surface area contributed by atoms with Crippen LogP contribution in [0.15, 0.2) is 16.6 Å². The van der Waals surface area contributed by atoms with Gasteiger partial charge in [-0.2, -0.15) is 0 Å². The Morgan fingerprint density at radius 3 is 2.75 bits per heavy atom. The smallest absolute Gasteiger partial charge is 0.157 e. The predicted octanol–water partition coefficient (Wildman–Crippen LogP) is 4.02. The molecule has 5 heteroatoms. The zero-order valence-corrected chi connectivity index (χ0v) is 14.1. The van der Waals surface area contributed by atoms with Gasteiger partial charge in [-0.1, -0.05) is 18.7 Å². The lowest BCUT2D eigenvalue weighted by molar-refractivity contribution is 0.273. The molecular weight excluding hydrogens is 286 g/mol. The van der Waals surface area contributed by atoms with Crippen LogP contribution in [0.2, 0.25) is 0 Å². The van der Waals surface area contributed by atoms with E-state index in [0.29, 0.717) is 0 Å². The highest BCUT2D eigenvalue weighted by molar-refractivity contribution is 8.14. The van der Waals surface area contributed by atoms with Crippen molar-refractivity contribution in [2.45, 2.75) is 57.5 Å². The van der Waals surface area contributed by atoms with Crippen LogP contribution < -0.4 is 5.32 Å². The Hall–Kier alpha value is -0.550. The van der Waals surface area contributed by atoms with Crippen molar-refractivity contribution in [3.8, 4) is 0 Å². The number of thiazole rings is 1. The molecule has 0 saturated heterocycles. The standard InChI is InChI=1S/C15H23N3S2/c1-11-4-6-15(7-5-11)10-20-13(18-15)17-14(2,3)12-16-8-9-19-12/h8-9,11H,4-7,10H2,1-3H3,(H,17,18). The minimum Gasteiger partial charge on any atom is -0.354 e. The van der Waals surface area contributed by atoms with Gasteiger partial charge in [0.25, 0.3) is 0 Å². The van der Waals surface area contributed by atoms with E-state index in [1.54, 1.807) is 11.3 Å². The summed E-state index contributed by atoms with van der Waals surface area (Å²) >= 11 is 3.59. The summed E-state index contributed by atoms with van der Waals surface area (Å²) in [5.41, 5.74) is 0.0892. The lowest BCUT2D eigenvalue weighted by atomic mass is 9.79. The van der Waals surface area contributed by atoms with Gasteiger partial charge in [0, 0.05) is 17.3 Å². The van der Waals surface area contributed by atoms with Crippen LogP contribution in [0.1, 0.15) is 51.5 Å². The molecule has 20 heavy (non-hydrogen) atoms. The Morgan fingerprint density at radius 1 is 1.35 bits per heavy atom. The molecule has 0 amide bonds. The van der Waals surface area contributed by atoms with Crippen LogP contribution in [0.4, 0.5) is 0 Å². The number of nitrogens with zero attached hydrogens (tertiary/aromatic N) is 2. The fourth-order valence-electron chi connectivity index (χ4n) is 2.96. The molecule has 3 rings (SSSR count). The molecule has 0 bridgehead atoms. The summed E-state index contributed by atoms with van der Waals surface area (Å²) < 4.78 is 0. The molecule has 2 aliphatic rings. The number of hydrogen-bond acceptors (Lipinski definition) is 5. The number of thioether (sulfide) groups is 1. The highest BCUT2D eigenvalue weighted by Gasteiger charge is 2.39. The van der Waals surface area contributed by atoms with E-state index in [4.69, 9.17) is 4.99 Å². The second-order valence-corrected chi connectivity index (χ2v) is 8.56. The van der Waals surface area contributed by atoms with Gasteiger partial charge >= 0.3 is 0 Å². The number of aromatic nitrogens is 1. The molecule has 1 saturated carbocycles. The first-order valence-electron chi connectivity index (χ1n) is 7.40. The zero-order valence-electron chi connectivity index (χ0n) is 12.5. The van der Waals surface area contributed by atoms with E-state index < -0.39 is 0 Å². The largest absolute Gasteiger partial charge is 0.354 e. The average molecular weight is 310 g/mol. The molecule has 0 atom stereocenters. The Morgan fingerprint density at radius 2 is 2.10 bits per heavy atom. The van der Waals surface area contributed by atoms with Crippen LogP contribution in [0.5, 0.6) is 0 Å².